The van der Waals surface area contributed by atoms with Crippen LogP contribution in [0.5, 0.6) is 0 Å². The van der Waals surface area contributed by atoms with Crippen LogP contribution in [-0.2, 0) is 6.42 Å². The second kappa shape index (κ2) is 3.99. The number of aliphatic hydroxyl groups is 1. The monoisotopic (exact) mass is 246 g/mol. The largest absolute Gasteiger partial charge is 0.388 e. The maximum absolute atomic E-state index is 12.3. The van der Waals surface area contributed by atoms with Crippen LogP contribution in [0.25, 0.3) is 0 Å². The van der Waals surface area contributed by atoms with Crippen LogP contribution < -0.4 is 5.32 Å². The topological polar surface area (TPSA) is 52.6 Å². The lowest BCUT2D eigenvalue weighted by molar-refractivity contribution is 0.0572. The number of benzene rings is 1. The number of rotatable bonds is 1. The number of β-amino-alcohol motifs (C(OH)–C–C–N with tert-alkyl or cyclic N) is 1. The lowest BCUT2D eigenvalue weighted by Crippen LogP contribution is -2.33. The van der Waals surface area contributed by atoms with E-state index in [1.54, 1.807) is 11.8 Å². The SMILES string of the molecule is CC1(O)CCN(C(=O)c2ccc3c(c2)NCC3)C1. The van der Waals surface area contributed by atoms with Crippen molar-refractivity contribution in [2.24, 2.45) is 0 Å². The van der Waals surface area contributed by atoms with Crippen molar-refractivity contribution in [2.45, 2.75) is 25.4 Å². The fraction of sp³-hybridized carbons (Fsp3) is 0.500. The molecule has 2 heterocycles. The Morgan fingerprint density at radius 1 is 1.50 bits per heavy atom. The van der Waals surface area contributed by atoms with E-state index in [0.717, 1.165) is 18.7 Å². The van der Waals surface area contributed by atoms with Gasteiger partial charge in [-0.1, -0.05) is 6.07 Å². The zero-order valence-electron chi connectivity index (χ0n) is 10.6. The maximum Gasteiger partial charge on any atom is 0.254 e. The Morgan fingerprint density at radius 3 is 3.06 bits per heavy atom. The molecule has 2 N–H and O–H groups in total. The highest BCUT2D eigenvalue weighted by Gasteiger charge is 2.34. The standard InChI is InChI=1S/C14H18N2O2/c1-14(18)5-7-16(9-14)13(17)11-3-2-10-4-6-15-12(10)8-11/h2-3,8,15,18H,4-7,9H2,1H3. The number of likely N-dealkylation sites (tertiary alicyclic amines) is 1. The van der Waals surface area contributed by atoms with Crippen LogP contribution in [0, 0.1) is 0 Å². The number of hydrogen-bond donors (Lipinski definition) is 2. The van der Waals surface area contributed by atoms with E-state index in [0.29, 0.717) is 25.1 Å². The van der Waals surface area contributed by atoms with Crippen molar-refractivity contribution in [3.8, 4) is 0 Å². The van der Waals surface area contributed by atoms with Crippen LogP contribution in [0.1, 0.15) is 29.3 Å². The second-order valence-electron chi connectivity index (χ2n) is 5.52. The van der Waals surface area contributed by atoms with Gasteiger partial charge in [0, 0.05) is 30.9 Å². The first kappa shape index (κ1) is 11.5. The molecule has 1 aromatic carbocycles. The zero-order valence-corrected chi connectivity index (χ0v) is 10.6. The molecule has 18 heavy (non-hydrogen) atoms. The van der Waals surface area contributed by atoms with E-state index < -0.39 is 5.60 Å². The molecule has 1 saturated heterocycles. The van der Waals surface area contributed by atoms with Crippen LogP contribution >= 0.6 is 0 Å². The third kappa shape index (κ3) is 1.97. The van der Waals surface area contributed by atoms with E-state index in [1.165, 1.54) is 5.56 Å². The van der Waals surface area contributed by atoms with Gasteiger partial charge in [-0.25, -0.2) is 0 Å². The van der Waals surface area contributed by atoms with Gasteiger partial charge in [0.2, 0.25) is 0 Å². The summed E-state index contributed by atoms with van der Waals surface area (Å²) in [5, 5.41) is 13.2. The minimum absolute atomic E-state index is 0.0178. The molecule has 0 aliphatic carbocycles. The molecule has 0 bridgehead atoms. The van der Waals surface area contributed by atoms with Gasteiger partial charge in [0.1, 0.15) is 0 Å². The van der Waals surface area contributed by atoms with Gasteiger partial charge in [-0.2, -0.15) is 0 Å². The normalized spacial score (nSPS) is 26.0. The molecule has 2 aliphatic heterocycles. The van der Waals surface area contributed by atoms with E-state index in [4.69, 9.17) is 0 Å². The molecule has 4 nitrogen and oxygen atoms in total. The summed E-state index contributed by atoms with van der Waals surface area (Å²) >= 11 is 0. The summed E-state index contributed by atoms with van der Waals surface area (Å²) in [5.41, 5.74) is 2.33. The van der Waals surface area contributed by atoms with Crippen molar-refractivity contribution in [3.63, 3.8) is 0 Å². The zero-order chi connectivity index (χ0) is 12.8. The molecular formula is C14H18N2O2. The number of carbonyl (C=O) groups is 1. The molecule has 0 spiro atoms. The number of hydrogen-bond acceptors (Lipinski definition) is 3. The average molecular weight is 246 g/mol. The van der Waals surface area contributed by atoms with Gasteiger partial charge in [-0.15, -0.1) is 0 Å². The molecule has 0 aromatic heterocycles. The first-order chi connectivity index (χ1) is 8.55. The molecule has 2 aliphatic rings. The summed E-state index contributed by atoms with van der Waals surface area (Å²) in [5.74, 6) is 0.0178. The fourth-order valence-electron chi connectivity index (χ4n) is 2.72. The Hall–Kier alpha value is -1.55. The third-order valence-corrected chi connectivity index (χ3v) is 3.81. The van der Waals surface area contributed by atoms with Gasteiger partial charge in [0.05, 0.1) is 5.60 Å². The predicted octanol–water partition coefficient (Wildman–Crippen LogP) is 1.25. The van der Waals surface area contributed by atoms with Crippen molar-refractivity contribution in [2.75, 3.05) is 25.0 Å². The van der Waals surface area contributed by atoms with Crippen molar-refractivity contribution < 1.29 is 9.90 Å². The minimum Gasteiger partial charge on any atom is -0.388 e. The van der Waals surface area contributed by atoms with Gasteiger partial charge < -0.3 is 15.3 Å². The van der Waals surface area contributed by atoms with Crippen LogP contribution in [0.4, 0.5) is 5.69 Å². The Kier molecular flexibility index (Phi) is 2.55. The number of carbonyl (C=O) groups excluding carboxylic acids is 1. The van der Waals surface area contributed by atoms with Crippen LogP contribution in [-0.4, -0.2) is 41.1 Å². The summed E-state index contributed by atoms with van der Waals surface area (Å²) in [6.45, 7) is 3.79. The van der Waals surface area contributed by atoms with Gasteiger partial charge in [-0.3, -0.25) is 4.79 Å². The Balaban J connectivity index is 1.81. The molecular weight excluding hydrogens is 228 g/mol. The van der Waals surface area contributed by atoms with Crippen LogP contribution in [0.2, 0.25) is 0 Å². The summed E-state index contributed by atoms with van der Waals surface area (Å²) in [7, 11) is 0. The quantitative estimate of drug-likeness (QED) is 0.784. The van der Waals surface area contributed by atoms with Crippen molar-refractivity contribution in [1.29, 1.82) is 0 Å². The average Bonchev–Trinajstić information content (AvgIpc) is 2.93. The first-order valence-corrected chi connectivity index (χ1v) is 6.44. The summed E-state index contributed by atoms with van der Waals surface area (Å²) in [6.07, 6.45) is 1.68. The first-order valence-electron chi connectivity index (χ1n) is 6.44. The molecule has 1 atom stereocenters. The number of fused-ring (bicyclic) bond motifs is 1. The van der Waals surface area contributed by atoms with Crippen molar-refractivity contribution in [1.82, 2.24) is 4.90 Å². The van der Waals surface area contributed by atoms with Crippen LogP contribution in [0.3, 0.4) is 0 Å². The maximum atomic E-state index is 12.3. The van der Waals surface area contributed by atoms with E-state index in [-0.39, 0.29) is 5.91 Å². The Bertz CT molecular complexity index is 497. The smallest absolute Gasteiger partial charge is 0.254 e. The number of nitrogens with one attached hydrogen (secondary N) is 1. The van der Waals surface area contributed by atoms with Gasteiger partial charge >= 0.3 is 0 Å². The highest BCUT2D eigenvalue weighted by Crippen LogP contribution is 2.26. The number of anilines is 1. The van der Waals surface area contributed by atoms with Crippen molar-refractivity contribution >= 4 is 11.6 Å². The predicted molar refractivity (Wildman–Crippen MR) is 69.8 cm³/mol. The van der Waals surface area contributed by atoms with E-state index in [1.807, 2.05) is 18.2 Å². The number of nitrogens with zero attached hydrogens (tertiary/aromatic N) is 1. The molecule has 4 heteroatoms. The third-order valence-electron chi connectivity index (χ3n) is 3.81. The lowest BCUT2D eigenvalue weighted by atomic mass is 10.1. The molecule has 1 fully saturated rings. The summed E-state index contributed by atoms with van der Waals surface area (Å²) in [6, 6.07) is 5.84. The molecule has 1 amide bonds. The van der Waals surface area contributed by atoms with Gasteiger partial charge in [0.25, 0.3) is 5.91 Å². The summed E-state index contributed by atoms with van der Waals surface area (Å²) < 4.78 is 0. The van der Waals surface area contributed by atoms with Gasteiger partial charge in [-0.05, 0) is 37.5 Å². The van der Waals surface area contributed by atoms with E-state index in [2.05, 4.69) is 5.32 Å². The Morgan fingerprint density at radius 2 is 2.33 bits per heavy atom. The molecule has 3 rings (SSSR count). The molecule has 96 valence electrons. The molecule has 0 radical (unpaired) electrons. The highest BCUT2D eigenvalue weighted by molar-refractivity contribution is 5.95. The molecule has 1 unspecified atom stereocenters. The molecule has 0 saturated carbocycles. The van der Waals surface area contributed by atoms with Gasteiger partial charge in [0.15, 0.2) is 0 Å². The van der Waals surface area contributed by atoms with Crippen LogP contribution in [0.15, 0.2) is 18.2 Å². The van der Waals surface area contributed by atoms with Crippen molar-refractivity contribution in [3.05, 3.63) is 29.3 Å². The highest BCUT2D eigenvalue weighted by atomic mass is 16.3. The van der Waals surface area contributed by atoms with E-state index in [9.17, 15) is 9.90 Å². The fourth-order valence-corrected chi connectivity index (χ4v) is 2.72. The lowest BCUT2D eigenvalue weighted by Gasteiger charge is -2.19. The minimum atomic E-state index is -0.732. The number of amides is 1. The molecule has 1 aromatic rings. The summed E-state index contributed by atoms with van der Waals surface area (Å²) in [4.78, 5) is 14.1. The van der Waals surface area contributed by atoms with E-state index >= 15 is 0 Å². The Labute approximate surface area is 107 Å². The second-order valence-corrected chi connectivity index (χ2v) is 5.52.